The largest absolute Gasteiger partial charge is 0.481 e. The summed E-state index contributed by atoms with van der Waals surface area (Å²) in [5.74, 6) is -5.95. The van der Waals surface area contributed by atoms with Crippen molar-refractivity contribution in [2.45, 2.75) is 45.5 Å². The number of amides is 1. The van der Waals surface area contributed by atoms with Crippen LogP contribution in [0.2, 0.25) is 0 Å². The van der Waals surface area contributed by atoms with E-state index in [0.717, 1.165) is 24.1 Å². The number of alkyl halides is 3. The van der Waals surface area contributed by atoms with Gasteiger partial charge < -0.3 is 24.4 Å². The van der Waals surface area contributed by atoms with Gasteiger partial charge in [-0.05, 0) is 45.0 Å². The average molecular weight is 659 g/mol. The predicted molar refractivity (Wildman–Crippen MR) is 150 cm³/mol. The molecular formula is C29H28F6N4O7. The number of benzene rings is 2. The summed E-state index contributed by atoms with van der Waals surface area (Å²) in [6, 6.07) is 4.46. The minimum Gasteiger partial charge on any atom is -0.481 e. The lowest BCUT2D eigenvalue weighted by Crippen LogP contribution is -2.38. The number of nitrogens with one attached hydrogen (secondary N) is 1. The van der Waals surface area contributed by atoms with Gasteiger partial charge in [-0.15, -0.1) is 0 Å². The van der Waals surface area contributed by atoms with E-state index in [1.54, 1.807) is 0 Å². The second kappa shape index (κ2) is 13.9. The van der Waals surface area contributed by atoms with Gasteiger partial charge in [0, 0.05) is 36.3 Å². The smallest absolute Gasteiger partial charge is 0.419 e. The Morgan fingerprint density at radius 2 is 1.67 bits per heavy atom. The molecule has 3 aromatic rings. The molecule has 0 fully saturated rings. The van der Waals surface area contributed by atoms with Crippen molar-refractivity contribution < 1.29 is 55.1 Å². The molecule has 0 radical (unpaired) electrons. The van der Waals surface area contributed by atoms with Gasteiger partial charge in [0.1, 0.15) is 17.1 Å². The molecule has 2 aromatic carbocycles. The molecule has 1 heterocycles. The van der Waals surface area contributed by atoms with E-state index in [4.69, 9.17) is 9.47 Å². The third-order valence-corrected chi connectivity index (χ3v) is 6.23. The lowest BCUT2D eigenvalue weighted by Gasteiger charge is -2.28. The SMILES string of the molecule is COC(=O)c1cc(F)c(C(F)(F)F)cc1Nc1ccc(F)c(F)c1CN(CCc1nc(OC)ccc1[N+](=O)[O-])C(=O)OC(C)(C)C. The van der Waals surface area contributed by atoms with Crippen LogP contribution in [0.3, 0.4) is 0 Å². The van der Waals surface area contributed by atoms with Gasteiger partial charge in [0.2, 0.25) is 5.88 Å². The highest BCUT2D eigenvalue weighted by Gasteiger charge is 2.36. The van der Waals surface area contributed by atoms with Gasteiger partial charge in [-0.2, -0.15) is 13.2 Å². The molecule has 3 rings (SSSR count). The number of esters is 1. The van der Waals surface area contributed by atoms with E-state index < -0.39 is 93.1 Å². The third-order valence-electron chi connectivity index (χ3n) is 6.23. The maximum absolute atomic E-state index is 15.4. The van der Waals surface area contributed by atoms with E-state index in [1.807, 2.05) is 0 Å². The van der Waals surface area contributed by atoms with Crippen molar-refractivity contribution in [2.24, 2.45) is 0 Å². The lowest BCUT2D eigenvalue weighted by molar-refractivity contribution is -0.386. The number of carbonyl (C=O) groups excluding carboxylic acids is 2. The Hall–Kier alpha value is -5.09. The van der Waals surface area contributed by atoms with Crippen molar-refractivity contribution >= 4 is 29.1 Å². The van der Waals surface area contributed by atoms with E-state index >= 15 is 4.39 Å². The number of nitrogens with zero attached hydrogens (tertiary/aromatic N) is 3. The number of carbonyl (C=O) groups is 2. The van der Waals surface area contributed by atoms with Crippen molar-refractivity contribution in [1.29, 1.82) is 0 Å². The molecule has 0 bridgehead atoms. The quantitative estimate of drug-likeness (QED) is 0.106. The van der Waals surface area contributed by atoms with Crippen LogP contribution in [0.25, 0.3) is 0 Å². The number of hydrogen-bond acceptors (Lipinski definition) is 9. The fourth-order valence-corrected chi connectivity index (χ4v) is 4.11. The zero-order chi connectivity index (χ0) is 34.6. The van der Waals surface area contributed by atoms with Crippen molar-refractivity contribution in [3.63, 3.8) is 0 Å². The maximum Gasteiger partial charge on any atom is 0.419 e. The average Bonchev–Trinajstić information content (AvgIpc) is 2.96. The van der Waals surface area contributed by atoms with Gasteiger partial charge in [-0.3, -0.25) is 10.1 Å². The summed E-state index contributed by atoms with van der Waals surface area (Å²) in [4.78, 5) is 41.3. The summed E-state index contributed by atoms with van der Waals surface area (Å²) in [5, 5.41) is 14.0. The van der Waals surface area contributed by atoms with Crippen molar-refractivity contribution in [3.8, 4) is 5.88 Å². The molecular weight excluding hydrogens is 630 g/mol. The van der Waals surface area contributed by atoms with E-state index in [0.29, 0.717) is 6.07 Å². The molecule has 0 spiro atoms. The highest BCUT2D eigenvalue weighted by Crippen LogP contribution is 2.37. The number of anilines is 2. The first-order valence-electron chi connectivity index (χ1n) is 13.3. The van der Waals surface area contributed by atoms with Crippen LogP contribution >= 0.6 is 0 Å². The van der Waals surface area contributed by atoms with Crippen molar-refractivity contribution in [2.75, 3.05) is 26.1 Å². The number of ether oxygens (including phenoxy) is 3. The minimum atomic E-state index is -5.20. The number of rotatable bonds is 10. The van der Waals surface area contributed by atoms with Gasteiger partial charge in [0.05, 0.1) is 42.5 Å². The first-order valence-corrected chi connectivity index (χ1v) is 13.3. The summed E-state index contributed by atoms with van der Waals surface area (Å²) in [6.07, 6.45) is -6.56. The van der Waals surface area contributed by atoms with Gasteiger partial charge in [-0.25, -0.2) is 27.7 Å². The summed E-state index contributed by atoms with van der Waals surface area (Å²) >= 11 is 0. The predicted octanol–water partition coefficient (Wildman–Crippen LogP) is 6.94. The summed E-state index contributed by atoms with van der Waals surface area (Å²) < 4.78 is 99.7. The zero-order valence-electron chi connectivity index (χ0n) is 25.1. The van der Waals surface area contributed by atoms with Crippen LogP contribution in [-0.4, -0.2) is 53.2 Å². The van der Waals surface area contributed by atoms with Crippen LogP contribution in [0.4, 0.5) is 48.2 Å². The molecule has 0 aliphatic heterocycles. The summed E-state index contributed by atoms with van der Waals surface area (Å²) in [7, 11) is 2.17. The standard InChI is InChI=1S/C29H28F6N4O7/c1-28(2,3)46-27(41)38(11-10-21-23(39(42)43)8-9-24(37-21)44-4)14-16-20(7-6-18(30)25(16)32)36-22-13-17(29(33,34)35)19(31)12-15(22)26(40)45-5/h6-9,12-13,36H,10-11,14H2,1-5H3. The molecule has 1 N–H and O–H groups in total. The minimum absolute atomic E-state index is 0.0195. The zero-order valence-corrected chi connectivity index (χ0v) is 25.1. The van der Waals surface area contributed by atoms with Crippen molar-refractivity contribution in [1.82, 2.24) is 9.88 Å². The van der Waals surface area contributed by atoms with E-state index in [2.05, 4.69) is 15.0 Å². The molecule has 1 amide bonds. The lowest BCUT2D eigenvalue weighted by atomic mass is 10.1. The number of halogens is 6. The molecule has 0 saturated carbocycles. The second-order valence-electron chi connectivity index (χ2n) is 10.6. The Morgan fingerprint density at radius 3 is 2.24 bits per heavy atom. The normalized spacial score (nSPS) is 11.5. The Labute approximate surface area is 258 Å². The Bertz CT molecular complexity index is 1640. The molecule has 0 unspecified atom stereocenters. The first-order chi connectivity index (χ1) is 21.4. The van der Waals surface area contributed by atoms with Crippen LogP contribution in [0.5, 0.6) is 5.88 Å². The second-order valence-corrected chi connectivity index (χ2v) is 10.6. The number of methoxy groups -OCH3 is 2. The molecule has 0 saturated heterocycles. The number of pyridine rings is 1. The van der Waals surface area contributed by atoms with Crippen molar-refractivity contribution in [3.05, 3.63) is 86.3 Å². The molecule has 46 heavy (non-hydrogen) atoms. The first kappa shape index (κ1) is 35.4. The van der Waals surface area contributed by atoms with Crippen LogP contribution < -0.4 is 10.1 Å². The van der Waals surface area contributed by atoms with Crippen LogP contribution in [-0.2, 0) is 28.6 Å². The molecule has 11 nitrogen and oxygen atoms in total. The van der Waals surface area contributed by atoms with Crippen LogP contribution in [0.15, 0.2) is 36.4 Å². The van der Waals surface area contributed by atoms with Gasteiger partial charge >= 0.3 is 18.2 Å². The van der Waals surface area contributed by atoms with E-state index in [-0.39, 0.29) is 30.1 Å². The van der Waals surface area contributed by atoms with Gasteiger partial charge in [0.25, 0.3) is 5.69 Å². The molecule has 248 valence electrons. The third kappa shape index (κ3) is 8.54. The fourth-order valence-electron chi connectivity index (χ4n) is 4.11. The van der Waals surface area contributed by atoms with E-state index in [9.17, 15) is 41.7 Å². The van der Waals surface area contributed by atoms with Gasteiger partial charge in [-0.1, -0.05) is 0 Å². The maximum atomic E-state index is 15.4. The summed E-state index contributed by atoms with van der Waals surface area (Å²) in [5.41, 5.74) is -5.81. The number of aromatic nitrogens is 1. The van der Waals surface area contributed by atoms with E-state index in [1.165, 1.54) is 33.9 Å². The Kier molecular flexibility index (Phi) is 10.7. The molecule has 0 aliphatic carbocycles. The molecule has 17 heteroatoms. The highest BCUT2D eigenvalue weighted by molar-refractivity contribution is 5.97. The molecule has 1 aromatic heterocycles. The Balaban J connectivity index is 2.12. The van der Waals surface area contributed by atoms with Gasteiger partial charge in [0.15, 0.2) is 11.6 Å². The number of hydrogen-bond donors (Lipinski definition) is 1. The topological polar surface area (TPSA) is 133 Å². The van der Waals surface area contributed by atoms with Crippen LogP contribution in [0, 0.1) is 27.6 Å². The Morgan fingerprint density at radius 1 is 1.00 bits per heavy atom. The fraction of sp³-hybridized carbons (Fsp3) is 0.345. The molecule has 0 aliphatic rings. The molecule has 0 atom stereocenters. The monoisotopic (exact) mass is 658 g/mol. The highest BCUT2D eigenvalue weighted by atomic mass is 19.4. The summed E-state index contributed by atoms with van der Waals surface area (Å²) in [6.45, 7) is 3.37. The van der Waals surface area contributed by atoms with Crippen LogP contribution in [0.1, 0.15) is 48.0 Å². The number of nitro groups is 1.